The van der Waals surface area contributed by atoms with Crippen molar-refractivity contribution in [2.24, 2.45) is 0 Å². The normalized spacial score (nSPS) is 12.4. The molecule has 1 aromatic heterocycles. The first-order chi connectivity index (χ1) is 14.0. The number of halogens is 2. The van der Waals surface area contributed by atoms with Gasteiger partial charge in [0.15, 0.2) is 0 Å². The minimum Gasteiger partial charge on any atom is -0.396 e. The van der Waals surface area contributed by atoms with Gasteiger partial charge in [0.25, 0.3) is 0 Å². The molecule has 162 valence electrons. The molecule has 0 radical (unpaired) electrons. The molecule has 0 amide bonds. The predicted octanol–water partition coefficient (Wildman–Crippen LogP) is 4.57. The summed E-state index contributed by atoms with van der Waals surface area (Å²) in [6, 6.07) is 7.32. The van der Waals surface area contributed by atoms with Crippen LogP contribution in [0.3, 0.4) is 0 Å². The lowest BCUT2D eigenvalue weighted by atomic mass is 10.1. The van der Waals surface area contributed by atoms with Crippen LogP contribution in [0.4, 0.5) is 5.69 Å². The highest BCUT2D eigenvalue weighted by atomic mass is 35.5. The van der Waals surface area contributed by atoms with Gasteiger partial charge >= 0.3 is 0 Å². The number of aliphatic hydroxyl groups is 2. The van der Waals surface area contributed by atoms with Gasteiger partial charge in [0, 0.05) is 29.3 Å². The van der Waals surface area contributed by atoms with E-state index in [1.54, 1.807) is 23.5 Å². The van der Waals surface area contributed by atoms with Crippen LogP contribution in [0.15, 0.2) is 24.3 Å². The third-order valence-corrected chi connectivity index (χ3v) is 6.34. The van der Waals surface area contributed by atoms with Gasteiger partial charge in [-0.2, -0.15) is 0 Å². The Morgan fingerprint density at radius 1 is 1.03 bits per heavy atom. The standard InChI is InChI=1S/C21H30Cl2N2O3S/c22-18-11-15(12-19(23)21(18)24)20(27)13-25-8-3-1-2-4-9-28-10-7-16-5-6-17(14-26)29-16/h5-6,11-12,20,25-27H,1-4,7-10,13-14,24H2. The van der Waals surface area contributed by atoms with Gasteiger partial charge in [0.1, 0.15) is 0 Å². The first-order valence-corrected chi connectivity index (χ1v) is 11.5. The zero-order valence-corrected chi connectivity index (χ0v) is 18.8. The molecule has 2 rings (SSSR count). The summed E-state index contributed by atoms with van der Waals surface area (Å²) < 4.78 is 5.68. The van der Waals surface area contributed by atoms with E-state index >= 15 is 0 Å². The highest BCUT2D eigenvalue weighted by Gasteiger charge is 2.11. The number of aliphatic hydroxyl groups excluding tert-OH is 2. The van der Waals surface area contributed by atoms with Gasteiger partial charge in [-0.05, 0) is 49.2 Å². The van der Waals surface area contributed by atoms with E-state index in [4.69, 9.17) is 38.8 Å². The summed E-state index contributed by atoms with van der Waals surface area (Å²) >= 11 is 13.7. The molecule has 0 saturated carbocycles. The molecule has 5 nitrogen and oxygen atoms in total. The lowest BCUT2D eigenvalue weighted by Gasteiger charge is -2.14. The molecule has 1 unspecified atom stereocenters. The number of ether oxygens (including phenoxy) is 1. The molecule has 0 aliphatic heterocycles. The molecular formula is C21H30Cl2N2O3S. The molecule has 0 saturated heterocycles. The van der Waals surface area contributed by atoms with Gasteiger partial charge in [-0.25, -0.2) is 0 Å². The molecule has 1 heterocycles. The molecule has 2 aromatic rings. The maximum absolute atomic E-state index is 10.2. The molecule has 1 atom stereocenters. The molecule has 0 spiro atoms. The number of hydrogen-bond acceptors (Lipinski definition) is 6. The van der Waals surface area contributed by atoms with Crippen molar-refractivity contribution >= 4 is 40.2 Å². The summed E-state index contributed by atoms with van der Waals surface area (Å²) in [5, 5.41) is 23.3. The Morgan fingerprint density at radius 2 is 1.72 bits per heavy atom. The maximum Gasteiger partial charge on any atom is 0.0915 e. The Labute approximate surface area is 186 Å². The van der Waals surface area contributed by atoms with Gasteiger partial charge in [-0.1, -0.05) is 36.0 Å². The van der Waals surface area contributed by atoms with E-state index in [1.807, 2.05) is 6.07 Å². The minimum atomic E-state index is -0.671. The van der Waals surface area contributed by atoms with Crippen LogP contribution in [0.2, 0.25) is 10.0 Å². The molecule has 0 aliphatic rings. The maximum atomic E-state index is 10.2. The summed E-state index contributed by atoms with van der Waals surface area (Å²) in [6.07, 6.45) is 4.59. The zero-order chi connectivity index (χ0) is 21.1. The van der Waals surface area contributed by atoms with Crippen molar-refractivity contribution in [2.75, 3.05) is 32.0 Å². The monoisotopic (exact) mass is 460 g/mol. The first kappa shape index (κ1) is 24.4. The minimum absolute atomic E-state index is 0.115. The summed E-state index contributed by atoms with van der Waals surface area (Å²) in [5.74, 6) is 0. The van der Waals surface area contributed by atoms with Crippen molar-refractivity contribution in [1.82, 2.24) is 5.32 Å². The van der Waals surface area contributed by atoms with E-state index in [9.17, 15) is 5.11 Å². The third-order valence-electron chi connectivity index (χ3n) is 4.58. The zero-order valence-electron chi connectivity index (χ0n) is 16.5. The molecular weight excluding hydrogens is 431 g/mol. The fourth-order valence-electron chi connectivity index (χ4n) is 2.88. The van der Waals surface area contributed by atoms with Crippen molar-refractivity contribution in [3.63, 3.8) is 0 Å². The fourth-order valence-corrected chi connectivity index (χ4v) is 4.24. The summed E-state index contributed by atoms with van der Waals surface area (Å²) in [4.78, 5) is 2.26. The summed E-state index contributed by atoms with van der Waals surface area (Å²) in [5.41, 5.74) is 6.71. The third kappa shape index (κ3) is 8.80. The molecule has 29 heavy (non-hydrogen) atoms. The Bertz CT molecular complexity index is 719. The van der Waals surface area contributed by atoms with Crippen LogP contribution in [0.5, 0.6) is 0 Å². The largest absolute Gasteiger partial charge is 0.396 e. The Kier molecular flexibility index (Phi) is 11.3. The first-order valence-electron chi connectivity index (χ1n) is 9.90. The number of hydrogen-bond donors (Lipinski definition) is 4. The van der Waals surface area contributed by atoms with Crippen LogP contribution in [-0.2, 0) is 17.8 Å². The van der Waals surface area contributed by atoms with Gasteiger partial charge in [0.2, 0.25) is 0 Å². The summed E-state index contributed by atoms with van der Waals surface area (Å²) in [6.45, 7) is 2.91. The number of benzene rings is 1. The number of rotatable bonds is 14. The predicted molar refractivity (Wildman–Crippen MR) is 122 cm³/mol. The second-order valence-electron chi connectivity index (χ2n) is 6.92. The highest BCUT2D eigenvalue weighted by molar-refractivity contribution is 7.11. The second-order valence-corrected chi connectivity index (χ2v) is 8.99. The van der Waals surface area contributed by atoms with E-state index in [0.717, 1.165) is 56.7 Å². The molecule has 0 aliphatic carbocycles. The number of anilines is 1. The number of unbranched alkanes of at least 4 members (excludes halogenated alkanes) is 3. The number of nitrogens with one attached hydrogen (secondary N) is 1. The molecule has 1 aromatic carbocycles. The molecule has 0 fully saturated rings. The smallest absolute Gasteiger partial charge is 0.0915 e. The van der Waals surface area contributed by atoms with Crippen molar-refractivity contribution < 1.29 is 14.9 Å². The van der Waals surface area contributed by atoms with Crippen LogP contribution in [0, 0.1) is 0 Å². The quantitative estimate of drug-likeness (QED) is 0.245. The summed E-state index contributed by atoms with van der Waals surface area (Å²) in [7, 11) is 0. The second kappa shape index (κ2) is 13.4. The Morgan fingerprint density at radius 3 is 2.41 bits per heavy atom. The van der Waals surface area contributed by atoms with E-state index in [0.29, 0.717) is 27.8 Å². The number of thiophene rings is 1. The van der Waals surface area contributed by atoms with Crippen LogP contribution in [-0.4, -0.2) is 36.5 Å². The van der Waals surface area contributed by atoms with Crippen LogP contribution in [0.25, 0.3) is 0 Å². The lowest BCUT2D eigenvalue weighted by molar-refractivity contribution is 0.133. The molecule has 5 N–H and O–H groups in total. The molecule has 0 bridgehead atoms. The Balaban J connectivity index is 1.45. The van der Waals surface area contributed by atoms with Crippen molar-refractivity contribution in [1.29, 1.82) is 0 Å². The lowest BCUT2D eigenvalue weighted by Crippen LogP contribution is -2.22. The van der Waals surface area contributed by atoms with Crippen molar-refractivity contribution in [2.45, 2.75) is 44.8 Å². The van der Waals surface area contributed by atoms with Crippen LogP contribution >= 0.6 is 34.5 Å². The van der Waals surface area contributed by atoms with Crippen LogP contribution in [0.1, 0.15) is 47.1 Å². The van der Waals surface area contributed by atoms with E-state index < -0.39 is 6.10 Å². The van der Waals surface area contributed by atoms with Crippen molar-refractivity contribution in [3.8, 4) is 0 Å². The highest BCUT2D eigenvalue weighted by Crippen LogP contribution is 2.31. The van der Waals surface area contributed by atoms with E-state index in [-0.39, 0.29) is 6.61 Å². The molecule has 8 heteroatoms. The average Bonchev–Trinajstić information content (AvgIpc) is 3.17. The van der Waals surface area contributed by atoms with E-state index in [2.05, 4.69) is 11.4 Å². The van der Waals surface area contributed by atoms with Crippen LogP contribution < -0.4 is 11.1 Å². The van der Waals surface area contributed by atoms with Gasteiger partial charge in [-0.15, -0.1) is 11.3 Å². The van der Waals surface area contributed by atoms with Gasteiger partial charge < -0.3 is 26.0 Å². The average molecular weight is 461 g/mol. The van der Waals surface area contributed by atoms with Crippen molar-refractivity contribution in [3.05, 3.63) is 49.6 Å². The number of nitrogen functional groups attached to an aromatic ring is 1. The van der Waals surface area contributed by atoms with E-state index in [1.165, 1.54) is 4.88 Å². The van der Waals surface area contributed by atoms with Gasteiger partial charge in [-0.3, -0.25) is 0 Å². The topological polar surface area (TPSA) is 87.7 Å². The fraction of sp³-hybridized carbons (Fsp3) is 0.524. The SMILES string of the molecule is Nc1c(Cl)cc(C(O)CNCCCCCCOCCc2ccc(CO)s2)cc1Cl. The Hall–Kier alpha value is -0.860. The number of nitrogens with two attached hydrogens (primary N) is 1. The van der Waals surface area contributed by atoms with Gasteiger partial charge in [0.05, 0.1) is 35.1 Å².